The number of carbonyl (C=O) groups is 2. The van der Waals surface area contributed by atoms with E-state index in [0.29, 0.717) is 0 Å². The van der Waals surface area contributed by atoms with Crippen molar-refractivity contribution < 1.29 is 19.8 Å². The zero-order valence-corrected chi connectivity index (χ0v) is 4.50. The lowest BCUT2D eigenvalue weighted by Crippen LogP contribution is -2.14. The molecule has 48 valence electrons. The number of carbonyl (C=O) groups excluding carboxylic acids is 2. The van der Waals surface area contributed by atoms with Gasteiger partial charge in [0.1, 0.15) is 6.79 Å². The summed E-state index contributed by atoms with van der Waals surface area (Å²) in [5.41, 5.74) is 0. The molecule has 0 atom stereocenters. The van der Waals surface area contributed by atoms with Crippen LogP contribution in [-0.2, 0) is 9.59 Å². The third-order valence-electron chi connectivity index (χ3n) is 0.364. The van der Waals surface area contributed by atoms with Crippen LogP contribution < -0.4 is 0 Å². The molecule has 0 heterocycles. The second kappa shape index (κ2) is 6.26. The standard InChI is InChI=1S/C3H6O3.CH2O/c1-2(4)3(5)6;1-2/h3,5-6H,1H3;1H2. The molecule has 0 rings (SSSR count). The quantitative estimate of drug-likeness (QED) is 0.422. The summed E-state index contributed by atoms with van der Waals surface area (Å²) < 4.78 is 0. The molecule has 0 saturated carbocycles. The summed E-state index contributed by atoms with van der Waals surface area (Å²) in [6, 6.07) is 0. The Kier molecular flexibility index (Phi) is 8.05. The molecule has 0 aliphatic rings. The van der Waals surface area contributed by atoms with Crippen LogP contribution in [0.1, 0.15) is 6.92 Å². The maximum atomic E-state index is 9.64. The lowest BCUT2D eigenvalue weighted by atomic mass is 10.4. The van der Waals surface area contributed by atoms with Crippen LogP contribution >= 0.6 is 0 Å². The Morgan fingerprint density at radius 1 is 1.50 bits per heavy atom. The molecule has 0 amide bonds. The van der Waals surface area contributed by atoms with Crippen molar-refractivity contribution in [1.82, 2.24) is 0 Å². The van der Waals surface area contributed by atoms with E-state index in [1.54, 1.807) is 0 Å². The summed E-state index contributed by atoms with van der Waals surface area (Å²) in [4.78, 5) is 17.6. The van der Waals surface area contributed by atoms with E-state index in [2.05, 4.69) is 0 Å². The SMILES string of the molecule is C=O.CC(=O)C(O)O. The van der Waals surface area contributed by atoms with E-state index >= 15 is 0 Å². The van der Waals surface area contributed by atoms with E-state index in [0.717, 1.165) is 6.92 Å². The first-order valence-corrected chi connectivity index (χ1v) is 1.80. The fourth-order valence-electron chi connectivity index (χ4n) is 0. The minimum Gasteiger partial charge on any atom is -0.362 e. The van der Waals surface area contributed by atoms with Gasteiger partial charge < -0.3 is 15.0 Å². The summed E-state index contributed by atoms with van der Waals surface area (Å²) in [6.45, 7) is 3.10. The van der Waals surface area contributed by atoms with Crippen LogP contribution in [0.5, 0.6) is 0 Å². The summed E-state index contributed by atoms with van der Waals surface area (Å²) in [5, 5.41) is 15.7. The summed E-state index contributed by atoms with van der Waals surface area (Å²) in [6.07, 6.45) is -1.79. The molecule has 0 saturated heterocycles. The van der Waals surface area contributed by atoms with Crippen molar-refractivity contribution in [3.63, 3.8) is 0 Å². The molecule has 0 aliphatic heterocycles. The minimum absolute atomic E-state index is 0.630. The van der Waals surface area contributed by atoms with E-state index in [4.69, 9.17) is 15.0 Å². The van der Waals surface area contributed by atoms with Crippen molar-refractivity contribution in [1.29, 1.82) is 0 Å². The Bertz CT molecular complexity index is 68.4. The molecule has 0 radical (unpaired) electrons. The fraction of sp³-hybridized carbons (Fsp3) is 0.500. The van der Waals surface area contributed by atoms with Crippen LogP contribution in [0.15, 0.2) is 0 Å². The summed E-state index contributed by atoms with van der Waals surface area (Å²) in [7, 11) is 0. The average molecular weight is 120 g/mol. The van der Waals surface area contributed by atoms with Crippen molar-refractivity contribution in [2.24, 2.45) is 0 Å². The normalized spacial score (nSPS) is 7.50. The molecule has 0 bridgehead atoms. The smallest absolute Gasteiger partial charge is 0.212 e. The van der Waals surface area contributed by atoms with Crippen LogP contribution in [0.3, 0.4) is 0 Å². The van der Waals surface area contributed by atoms with Gasteiger partial charge >= 0.3 is 0 Å². The first-order valence-electron chi connectivity index (χ1n) is 1.80. The van der Waals surface area contributed by atoms with Gasteiger partial charge in [0.05, 0.1) is 0 Å². The lowest BCUT2D eigenvalue weighted by Gasteiger charge is -1.90. The number of hydrogen-bond donors (Lipinski definition) is 2. The molecule has 4 nitrogen and oxygen atoms in total. The molecule has 8 heavy (non-hydrogen) atoms. The van der Waals surface area contributed by atoms with Gasteiger partial charge in [-0.25, -0.2) is 0 Å². The highest BCUT2D eigenvalue weighted by Gasteiger charge is 1.99. The van der Waals surface area contributed by atoms with Gasteiger partial charge in [0.2, 0.25) is 6.29 Å². The van der Waals surface area contributed by atoms with Crippen LogP contribution in [0, 0.1) is 0 Å². The number of aliphatic hydroxyl groups excluding tert-OH is 1. The Balaban J connectivity index is 0. The molecule has 0 unspecified atom stereocenters. The second-order valence-corrected chi connectivity index (χ2v) is 0.984. The van der Waals surface area contributed by atoms with E-state index < -0.39 is 12.1 Å². The van der Waals surface area contributed by atoms with Gasteiger partial charge in [0.15, 0.2) is 5.78 Å². The third kappa shape index (κ3) is 8.98. The monoisotopic (exact) mass is 120 g/mol. The molecule has 2 N–H and O–H groups in total. The maximum absolute atomic E-state index is 9.64. The van der Waals surface area contributed by atoms with Crippen LogP contribution in [0.2, 0.25) is 0 Å². The molecule has 0 aromatic heterocycles. The highest BCUT2D eigenvalue weighted by atomic mass is 16.5. The number of hydrogen-bond acceptors (Lipinski definition) is 4. The summed E-state index contributed by atoms with van der Waals surface area (Å²) >= 11 is 0. The van der Waals surface area contributed by atoms with Gasteiger partial charge in [0, 0.05) is 0 Å². The average Bonchev–Trinajstić information content (AvgIpc) is 1.72. The van der Waals surface area contributed by atoms with Crippen LogP contribution in [0.25, 0.3) is 0 Å². The van der Waals surface area contributed by atoms with Gasteiger partial charge in [-0.1, -0.05) is 0 Å². The van der Waals surface area contributed by atoms with Gasteiger partial charge in [0.25, 0.3) is 0 Å². The van der Waals surface area contributed by atoms with Crippen LogP contribution in [0.4, 0.5) is 0 Å². The fourth-order valence-corrected chi connectivity index (χ4v) is 0. The van der Waals surface area contributed by atoms with Crippen molar-refractivity contribution in [3.05, 3.63) is 0 Å². The first-order chi connectivity index (χ1) is 3.64. The van der Waals surface area contributed by atoms with Crippen molar-refractivity contribution in [2.45, 2.75) is 13.2 Å². The Morgan fingerprint density at radius 2 is 1.62 bits per heavy atom. The lowest BCUT2D eigenvalue weighted by molar-refractivity contribution is -0.142. The first kappa shape index (κ1) is 10.3. The maximum Gasteiger partial charge on any atom is 0.212 e. The number of aliphatic hydroxyl groups is 2. The molecular weight excluding hydrogens is 112 g/mol. The molecule has 0 aromatic rings. The third-order valence-corrected chi connectivity index (χ3v) is 0.364. The molecule has 0 aromatic carbocycles. The molecule has 4 heteroatoms. The molecular formula is C4H8O4. The van der Waals surface area contributed by atoms with E-state index in [9.17, 15) is 4.79 Å². The van der Waals surface area contributed by atoms with E-state index in [1.807, 2.05) is 6.79 Å². The predicted molar refractivity (Wildman–Crippen MR) is 26.0 cm³/mol. The number of Topliss-reactive ketones (excluding diaryl/α,β-unsaturated/α-hetero) is 1. The molecule has 0 spiro atoms. The topological polar surface area (TPSA) is 74.6 Å². The zero-order chi connectivity index (χ0) is 7.15. The largest absolute Gasteiger partial charge is 0.362 e. The Hall–Kier alpha value is -0.740. The number of ketones is 1. The minimum atomic E-state index is -1.79. The van der Waals surface area contributed by atoms with E-state index in [1.165, 1.54) is 0 Å². The highest BCUT2D eigenvalue weighted by Crippen LogP contribution is 1.72. The van der Waals surface area contributed by atoms with Crippen molar-refractivity contribution >= 4 is 12.6 Å². The molecule has 0 aliphatic carbocycles. The highest BCUT2D eigenvalue weighted by molar-refractivity contribution is 5.78. The van der Waals surface area contributed by atoms with Gasteiger partial charge in [-0.3, -0.25) is 4.79 Å². The zero-order valence-electron chi connectivity index (χ0n) is 4.50. The summed E-state index contributed by atoms with van der Waals surface area (Å²) in [5.74, 6) is -0.630. The van der Waals surface area contributed by atoms with Crippen LogP contribution in [-0.4, -0.2) is 29.1 Å². The predicted octanol–water partition coefficient (Wildman–Crippen LogP) is -1.30. The van der Waals surface area contributed by atoms with Gasteiger partial charge in [-0.15, -0.1) is 0 Å². The van der Waals surface area contributed by atoms with Crippen molar-refractivity contribution in [3.8, 4) is 0 Å². The Morgan fingerprint density at radius 3 is 1.62 bits per heavy atom. The van der Waals surface area contributed by atoms with Gasteiger partial charge in [-0.05, 0) is 6.92 Å². The Labute approximate surface area is 46.8 Å². The molecule has 0 fully saturated rings. The number of rotatable bonds is 1. The second-order valence-electron chi connectivity index (χ2n) is 0.984. The van der Waals surface area contributed by atoms with Gasteiger partial charge in [-0.2, -0.15) is 0 Å². The van der Waals surface area contributed by atoms with E-state index in [-0.39, 0.29) is 0 Å². The van der Waals surface area contributed by atoms with Crippen molar-refractivity contribution in [2.75, 3.05) is 0 Å².